The van der Waals surface area contributed by atoms with Crippen LogP contribution in [0.3, 0.4) is 0 Å². The zero-order valence-electron chi connectivity index (χ0n) is 54.6. The molecule has 0 aromatic heterocycles. The van der Waals surface area contributed by atoms with E-state index in [1.165, 1.54) is 0 Å². The van der Waals surface area contributed by atoms with Crippen molar-refractivity contribution in [3.05, 3.63) is 0 Å². The van der Waals surface area contributed by atoms with E-state index in [9.17, 15) is 143 Å². The Bertz CT molecular complexity index is 2510. The molecule has 9 fully saturated rings. The molecule has 103 heavy (non-hydrogen) atoms. The fraction of sp³-hybridized carbons (Fsp3) is 1.00. The summed E-state index contributed by atoms with van der Waals surface area (Å²) in [6.45, 7) is -7.90. The van der Waals surface area contributed by atoms with Gasteiger partial charge in [0.05, 0.1) is 59.5 Å². The minimum Gasteiger partial charge on any atom is -0.394 e. The Morgan fingerprint density at radius 1 is 0.194 bits per heavy atom. The van der Waals surface area contributed by atoms with Crippen molar-refractivity contribution >= 4 is 0 Å². The molecular formula is C57H98O46. The molecule has 0 aromatic carbocycles. The first-order valence-corrected chi connectivity index (χ1v) is 33.2. The number of ether oxygens (including phenoxy) is 18. The van der Waals surface area contributed by atoms with Crippen LogP contribution in [0.15, 0.2) is 0 Å². The Morgan fingerprint density at radius 3 is 0.689 bits per heavy atom. The van der Waals surface area contributed by atoms with Crippen molar-refractivity contribution in [2.24, 2.45) is 0 Å². The lowest BCUT2D eigenvalue weighted by Crippen LogP contribution is -2.68. The van der Waals surface area contributed by atoms with Crippen LogP contribution in [0.2, 0.25) is 0 Å². The normalized spacial score (nSPS) is 52.5. The van der Waals surface area contributed by atoms with Crippen molar-refractivity contribution in [3.8, 4) is 0 Å². The largest absolute Gasteiger partial charge is 0.394 e. The molecule has 9 aliphatic heterocycles. The summed E-state index contributed by atoms with van der Waals surface area (Å²) in [5.41, 5.74) is 0. The molecule has 9 heterocycles. The number of hydrogen-bond donors (Lipinski definition) is 28. The van der Waals surface area contributed by atoms with E-state index >= 15 is 0 Å². The first-order chi connectivity index (χ1) is 48.9. The average Bonchev–Trinajstić information content (AvgIpc) is 0.775. The fourth-order valence-electron chi connectivity index (χ4n) is 13.0. The van der Waals surface area contributed by atoms with Gasteiger partial charge in [-0.3, -0.25) is 0 Å². The lowest BCUT2D eigenvalue weighted by atomic mass is 9.95. The highest BCUT2D eigenvalue weighted by molar-refractivity contribution is 5.02. The summed E-state index contributed by atoms with van der Waals surface area (Å²) in [6.07, 6.45) is -92.6. The topological polar surface area (TPSA) is 733 Å². The lowest BCUT2D eigenvalue weighted by Gasteiger charge is -2.50. The predicted molar refractivity (Wildman–Crippen MR) is 311 cm³/mol. The van der Waals surface area contributed by atoms with Crippen LogP contribution in [0.25, 0.3) is 0 Å². The Balaban J connectivity index is 1.01. The van der Waals surface area contributed by atoms with Gasteiger partial charge in [-0.1, -0.05) is 6.92 Å². The highest BCUT2D eigenvalue weighted by atomic mass is 16.8. The van der Waals surface area contributed by atoms with E-state index in [0.29, 0.717) is 0 Å². The second-order valence-electron chi connectivity index (χ2n) is 26.1. The molecule has 9 rings (SSSR count). The smallest absolute Gasteiger partial charge is 0.187 e. The summed E-state index contributed by atoms with van der Waals surface area (Å²) in [5, 5.41) is 305. The standard InChI is InChI=1S/C57H98O46/c1-2-3-86-49-41(84)43(98-56-48(37(80)28(71)18(9-63)94-56)103-57-47(36(79)27(70)19(10-64)95-57)102-53-40(83)33(76)24(67)15(6-60)91-53)29(72)20(96-49)11-87-50-42(85)44(99-55-46(35(78)26(69)17(8-62)93-55)101-52-39(82)32(75)23(66)14(5-59)90-52)30(73)21(97-50)12-88-54-45(34(77)25(68)16(7-61)92-54)100-51-38(81)31(74)22(65)13(4-58)89-51/h13-85H,2-12H2,1H3/t13?,14-,15-,16?,17-,18-,19-,20?,21?,22+,23+,24+,25+,26+,27+,28+,29+,30+,31-,32?,33?,34-,35?,36?,37?,38?,39?,40?,41?,42?,43-,44-,45?,46?,47?,48?,49+,50-,51+,52+,53+,54-,55+,56+,57+/m0/s1. The Morgan fingerprint density at radius 2 is 0.408 bits per heavy atom. The van der Waals surface area contributed by atoms with Crippen molar-refractivity contribution in [2.75, 3.05) is 66.1 Å². The molecule has 46 nitrogen and oxygen atoms in total. The van der Waals surface area contributed by atoms with Crippen LogP contribution in [-0.4, -0.2) is 485 Å². The van der Waals surface area contributed by atoms with Crippen LogP contribution in [-0.2, 0) is 85.3 Å². The van der Waals surface area contributed by atoms with Gasteiger partial charge in [0.2, 0.25) is 0 Å². The summed E-state index contributed by atoms with van der Waals surface area (Å²) in [6, 6.07) is 0. The van der Waals surface area contributed by atoms with E-state index in [2.05, 4.69) is 0 Å². The highest BCUT2D eigenvalue weighted by Crippen LogP contribution is 2.39. The first kappa shape index (κ1) is 85.2. The van der Waals surface area contributed by atoms with Gasteiger partial charge >= 0.3 is 0 Å². The van der Waals surface area contributed by atoms with Crippen LogP contribution in [0.1, 0.15) is 13.3 Å². The SMILES string of the molecule is CCCO[C@@H]1OC(CO[C@H]2OC(CO[C@H]3OC(CO)[C@@H](O)[C@H](O)C3O[C@H]3OC(CO)[C@@H](O)[C@H](O)C3O)[C@@H](O)[C@H](O[C@H]3O[C@@H](CO)[C@@H](O)C(O)C3O[C@H]3O[C@@H](CO)[C@@H](O)C(O)C3O)C2O)[C@@H](O)[C@H](O[C@H]2O[C@@H](CO)[C@@H](O)C(O)C2O[C@H]2O[C@@H](CO)[C@@H](O)C(O)C2O[C@H]2O[C@@H](CO)[C@@H](O)C(O)C2O)C1O. The molecule has 0 spiro atoms. The van der Waals surface area contributed by atoms with E-state index in [0.717, 1.165) is 0 Å². The molecule has 18 unspecified atom stereocenters. The molecule has 602 valence electrons. The van der Waals surface area contributed by atoms with Crippen LogP contribution in [0.4, 0.5) is 0 Å². The number of aliphatic hydroxyl groups excluding tert-OH is 28. The molecule has 0 saturated carbocycles. The average molecular weight is 1520 g/mol. The summed E-state index contributed by atoms with van der Waals surface area (Å²) in [4.78, 5) is 0. The van der Waals surface area contributed by atoms with Crippen molar-refractivity contribution < 1.29 is 228 Å². The van der Waals surface area contributed by atoms with Gasteiger partial charge in [0.1, 0.15) is 220 Å². The maximum atomic E-state index is 12.3. The molecule has 9 saturated heterocycles. The summed E-state index contributed by atoms with van der Waals surface area (Å²) in [7, 11) is 0. The van der Waals surface area contributed by atoms with Crippen LogP contribution in [0, 0.1) is 0 Å². The first-order valence-electron chi connectivity index (χ1n) is 33.2. The monoisotopic (exact) mass is 1520 g/mol. The third kappa shape index (κ3) is 18.2. The predicted octanol–water partition coefficient (Wildman–Crippen LogP) is -19.2. The van der Waals surface area contributed by atoms with Gasteiger partial charge < -0.3 is 228 Å². The molecule has 0 aromatic rings. The number of aliphatic hydroxyl groups is 28. The molecule has 9 aliphatic rings. The molecular weight excluding hydrogens is 1420 g/mol. The van der Waals surface area contributed by atoms with Gasteiger partial charge in [-0.05, 0) is 6.42 Å². The summed E-state index contributed by atoms with van der Waals surface area (Å²) in [5.74, 6) is 0. The van der Waals surface area contributed by atoms with E-state index in [1.54, 1.807) is 6.92 Å². The van der Waals surface area contributed by atoms with E-state index in [-0.39, 0.29) is 13.0 Å². The zero-order chi connectivity index (χ0) is 75.5. The van der Waals surface area contributed by atoms with Crippen molar-refractivity contribution in [1.82, 2.24) is 0 Å². The second-order valence-corrected chi connectivity index (χ2v) is 26.1. The Labute approximate surface area is 582 Å². The molecule has 0 amide bonds. The van der Waals surface area contributed by atoms with Gasteiger partial charge in [-0.15, -0.1) is 0 Å². The van der Waals surface area contributed by atoms with Crippen molar-refractivity contribution in [2.45, 2.75) is 290 Å². The molecule has 46 heteroatoms. The molecule has 0 aliphatic carbocycles. The second kappa shape index (κ2) is 37.5. The Kier molecular flexibility index (Phi) is 31.0. The van der Waals surface area contributed by atoms with E-state index in [4.69, 9.17) is 85.3 Å². The lowest BCUT2D eigenvalue weighted by molar-refractivity contribution is -0.405. The van der Waals surface area contributed by atoms with Gasteiger partial charge in [0, 0.05) is 6.61 Å². The van der Waals surface area contributed by atoms with Crippen LogP contribution in [0.5, 0.6) is 0 Å². The van der Waals surface area contributed by atoms with Gasteiger partial charge in [0.15, 0.2) is 56.6 Å². The summed E-state index contributed by atoms with van der Waals surface area (Å²) >= 11 is 0. The summed E-state index contributed by atoms with van der Waals surface area (Å²) < 4.78 is 105. The molecule has 0 bridgehead atoms. The van der Waals surface area contributed by atoms with Gasteiger partial charge in [0.25, 0.3) is 0 Å². The quantitative estimate of drug-likeness (QED) is 0.0346. The molecule has 0 radical (unpaired) electrons. The number of rotatable bonds is 28. The van der Waals surface area contributed by atoms with Crippen LogP contribution >= 0.6 is 0 Å². The van der Waals surface area contributed by atoms with Gasteiger partial charge in [-0.2, -0.15) is 0 Å². The van der Waals surface area contributed by atoms with Gasteiger partial charge in [-0.25, -0.2) is 0 Å². The fourth-order valence-corrected chi connectivity index (χ4v) is 13.0. The van der Waals surface area contributed by atoms with E-state index in [1.807, 2.05) is 0 Å². The van der Waals surface area contributed by atoms with E-state index < -0.39 is 336 Å². The zero-order valence-corrected chi connectivity index (χ0v) is 54.6. The number of hydrogen-bond acceptors (Lipinski definition) is 46. The minimum atomic E-state index is -2.41. The van der Waals surface area contributed by atoms with Crippen molar-refractivity contribution in [1.29, 1.82) is 0 Å². The highest BCUT2D eigenvalue weighted by Gasteiger charge is 2.60. The molecule has 45 atom stereocenters. The maximum absolute atomic E-state index is 12.3. The van der Waals surface area contributed by atoms with Crippen LogP contribution < -0.4 is 0 Å². The third-order valence-corrected chi connectivity index (χ3v) is 19.2. The van der Waals surface area contributed by atoms with Crippen molar-refractivity contribution in [3.63, 3.8) is 0 Å². The maximum Gasteiger partial charge on any atom is 0.187 e. The Hall–Kier alpha value is -1.84. The molecule has 28 N–H and O–H groups in total. The third-order valence-electron chi connectivity index (χ3n) is 19.2. The minimum absolute atomic E-state index is 0.208.